The number of carbonyl (C=O) groups excluding carboxylic acids is 1. The highest BCUT2D eigenvalue weighted by Crippen LogP contribution is 2.33. The van der Waals surface area contributed by atoms with Crippen molar-refractivity contribution in [2.75, 3.05) is 18.2 Å². The Labute approximate surface area is 190 Å². The molecule has 1 aromatic heterocycles. The average Bonchev–Trinajstić information content (AvgIpc) is 3.29. The number of halogens is 1. The number of nitrogens with zero attached hydrogens (tertiary/aromatic N) is 2. The molecular formula is C23H24ClN3O3S. The van der Waals surface area contributed by atoms with Crippen molar-refractivity contribution in [1.82, 2.24) is 9.55 Å². The number of aromatic nitrogens is 2. The van der Waals surface area contributed by atoms with Crippen molar-refractivity contribution in [3.05, 3.63) is 57.3 Å². The fraction of sp³-hybridized carbons (Fsp3) is 0.348. The second-order valence-electron chi connectivity index (χ2n) is 7.66. The molecule has 0 atom stereocenters. The largest absolute Gasteiger partial charge is 0.495 e. The van der Waals surface area contributed by atoms with Gasteiger partial charge in [0.05, 0.1) is 29.5 Å². The number of nitrogens with one attached hydrogen (secondary N) is 1. The predicted molar refractivity (Wildman–Crippen MR) is 126 cm³/mol. The van der Waals surface area contributed by atoms with Gasteiger partial charge in [0.15, 0.2) is 5.16 Å². The summed E-state index contributed by atoms with van der Waals surface area (Å²) in [6.45, 7) is 1.87. The fourth-order valence-electron chi connectivity index (χ4n) is 3.96. The Kier molecular flexibility index (Phi) is 6.53. The van der Waals surface area contributed by atoms with E-state index in [9.17, 15) is 9.59 Å². The molecule has 1 N–H and O–H groups in total. The zero-order chi connectivity index (χ0) is 22.0. The lowest BCUT2D eigenvalue weighted by molar-refractivity contribution is -0.113. The predicted octanol–water partition coefficient (Wildman–Crippen LogP) is 5.21. The lowest BCUT2D eigenvalue weighted by atomic mass is 10.2. The van der Waals surface area contributed by atoms with E-state index in [0.29, 0.717) is 32.5 Å². The molecule has 1 saturated carbocycles. The Bertz CT molecular complexity index is 1190. The van der Waals surface area contributed by atoms with Crippen LogP contribution in [0.25, 0.3) is 10.9 Å². The minimum atomic E-state index is -0.203. The minimum absolute atomic E-state index is 0.0320. The van der Waals surface area contributed by atoms with Gasteiger partial charge in [-0.1, -0.05) is 48.3 Å². The quantitative estimate of drug-likeness (QED) is 0.406. The van der Waals surface area contributed by atoms with Gasteiger partial charge in [-0.2, -0.15) is 0 Å². The van der Waals surface area contributed by atoms with Crippen molar-refractivity contribution in [3.8, 4) is 5.75 Å². The zero-order valence-corrected chi connectivity index (χ0v) is 19.1. The first kappa shape index (κ1) is 21.7. The number of hydrogen-bond donors (Lipinski definition) is 1. The molecule has 1 aliphatic carbocycles. The second kappa shape index (κ2) is 9.32. The van der Waals surface area contributed by atoms with E-state index in [-0.39, 0.29) is 23.3 Å². The number of hydrogen-bond acceptors (Lipinski definition) is 5. The van der Waals surface area contributed by atoms with E-state index in [2.05, 4.69) is 5.32 Å². The van der Waals surface area contributed by atoms with Gasteiger partial charge in [0.2, 0.25) is 5.91 Å². The first-order valence-corrected chi connectivity index (χ1v) is 11.6. The summed E-state index contributed by atoms with van der Waals surface area (Å²) in [5.41, 5.74) is 2.03. The Morgan fingerprint density at radius 2 is 2.03 bits per heavy atom. The first-order valence-electron chi connectivity index (χ1n) is 10.3. The number of rotatable bonds is 6. The van der Waals surface area contributed by atoms with Crippen LogP contribution in [0.3, 0.4) is 0 Å². The van der Waals surface area contributed by atoms with Gasteiger partial charge in [0.1, 0.15) is 5.75 Å². The topological polar surface area (TPSA) is 73.2 Å². The molecule has 0 saturated heterocycles. The third-order valence-electron chi connectivity index (χ3n) is 5.55. The molecule has 0 radical (unpaired) electrons. The normalized spacial score (nSPS) is 14.2. The number of fused-ring (bicyclic) bond motifs is 1. The van der Waals surface area contributed by atoms with Gasteiger partial charge in [-0.25, -0.2) is 4.98 Å². The Hall–Kier alpha value is -2.51. The van der Waals surface area contributed by atoms with E-state index < -0.39 is 0 Å². The summed E-state index contributed by atoms with van der Waals surface area (Å²) in [4.78, 5) is 30.6. The summed E-state index contributed by atoms with van der Waals surface area (Å²) in [6, 6.07) is 11.0. The number of thioether (sulfide) groups is 1. The highest BCUT2D eigenvalue weighted by atomic mass is 35.5. The Morgan fingerprint density at radius 3 is 2.77 bits per heavy atom. The summed E-state index contributed by atoms with van der Waals surface area (Å²) >= 11 is 7.43. The summed E-state index contributed by atoms with van der Waals surface area (Å²) in [5, 5.41) is 4.66. The SMILES string of the molecule is COc1cc(Cl)c(C)cc1NC(=O)CSc1nc2ccccc2c(=O)n1C1CCCC1. The van der Waals surface area contributed by atoms with E-state index in [1.54, 1.807) is 16.7 Å². The summed E-state index contributed by atoms with van der Waals surface area (Å²) in [6.07, 6.45) is 4.12. The number of carbonyl (C=O) groups is 1. The lowest BCUT2D eigenvalue weighted by Gasteiger charge is -2.18. The molecule has 1 fully saturated rings. The van der Waals surface area contributed by atoms with Gasteiger partial charge in [-0.15, -0.1) is 0 Å². The maximum Gasteiger partial charge on any atom is 0.262 e. The monoisotopic (exact) mass is 457 g/mol. The van der Waals surface area contributed by atoms with Crippen LogP contribution in [0, 0.1) is 6.92 Å². The number of amides is 1. The molecule has 0 unspecified atom stereocenters. The molecule has 1 heterocycles. The molecule has 2 aromatic carbocycles. The third kappa shape index (κ3) is 4.57. The van der Waals surface area contributed by atoms with Crippen molar-refractivity contribution in [3.63, 3.8) is 0 Å². The van der Waals surface area contributed by atoms with Crippen molar-refractivity contribution < 1.29 is 9.53 Å². The van der Waals surface area contributed by atoms with Crippen molar-refractivity contribution in [2.45, 2.75) is 43.8 Å². The zero-order valence-electron chi connectivity index (χ0n) is 17.5. The van der Waals surface area contributed by atoms with E-state index in [1.165, 1.54) is 18.9 Å². The van der Waals surface area contributed by atoms with Crippen molar-refractivity contribution in [2.24, 2.45) is 0 Å². The van der Waals surface area contributed by atoms with Crippen LogP contribution in [-0.4, -0.2) is 28.3 Å². The number of benzene rings is 2. The molecule has 1 amide bonds. The molecular weight excluding hydrogens is 434 g/mol. The summed E-state index contributed by atoms with van der Waals surface area (Å²) in [7, 11) is 1.53. The molecule has 4 rings (SSSR count). The molecule has 6 nitrogen and oxygen atoms in total. The number of methoxy groups -OCH3 is 1. The summed E-state index contributed by atoms with van der Waals surface area (Å²) in [5.74, 6) is 0.425. The van der Waals surface area contributed by atoms with Gasteiger partial charge in [-0.3, -0.25) is 14.2 Å². The fourth-order valence-corrected chi connectivity index (χ4v) is 4.98. The Balaban J connectivity index is 1.59. The van der Waals surface area contributed by atoms with Crippen LogP contribution in [-0.2, 0) is 4.79 Å². The Morgan fingerprint density at radius 1 is 1.29 bits per heavy atom. The van der Waals surface area contributed by atoms with E-state index in [1.807, 2.05) is 31.2 Å². The highest BCUT2D eigenvalue weighted by molar-refractivity contribution is 7.99. The van der Waals surface area contributed by atoms with Gasteiger partial charge in [0, 0.05) is 17.1 Å². The minimum Gasteiger partial charge on any atom is -0.495 e. The molecule has 0 spiro atoms. The van der Waals surface area contributed by atoms with Crippen molar-refractivity contribution >= 4 is 45.9 Å². The highest BCUT2D eigenvalue weighted by Gasteiger charge is 2.23. The van der Waals surface area contributed by atoms with E-state index in [4.69, 9.17) is 21.3 Å². The van der Waals surface area contributed by atoms with Crippen LogP contribution in [0.2, 0.25) is 5.02 Å². The maximum absolute atomic E-state index is 13.2. The van der Waals surface area contributed by atoms with Crippen LogP contribution >= 0.6 is 23.4 Å². The van der Waals surface area contributed by atoms with Gasteiger partial charge in [-0.05, 0) is 43.5 Å². The molecule has 0 aliphatic heterocycles. The molecule has 1 aliphatic rings. The van der Waals surface area contributed by atoms with Crippen LogP contribution in [0.15, 0.2) is 46.3 Å². The first-order chi connectivity index (χ1) is 15.0. The lowest BCUT2D eigenvalue weighted by Crippen LogP contribution is -2.27. The van der Waals surface area contributed by atoms with E-state index in [0.717, 1.165) is 31.2 Å². The van der Waals surface area contributed by atoms with E-state index >= 15 is 0 Å². The van der Waals surface area contributed by atoms with Gasteiger partial charge in [0.25, 0.3) is 5.56 Å². The smallest absolute Gasteiger partial charge is 0.262 e. The van der Waals surface area contributed by atoms with Crippen LogP contribution in [0.1, 0.15) is 37.3 Å². The summed E-state index contributed by atoms with van der Waals surface area (Å²) < 4.78 is 7.12. The van der Waals surface area contributed by atoms with Crippen LogP contribution in [0.5, 0.6) is 5.75 Å². The van der Waals surface area contributed by atoms with Crippen molar-refractivity contribution in [1.29, 1.82) is 0 Å². The maximum atomic E-state index is 13.2. The van der Waals surface area contributed by atoms with Crippen LogP contribution in [0.4, 0.5) is 5.69 Å². The van der Waals surface area contributed by atoms with Gasteiger partial charge >= 0.3 is 0 Å². The average molecular weight is 458 g/mol. The standard InChI is InChI=1S/C23H24ClN3O3S/c1-14-11-19(20(30-2)12-17(14)24)25-21(28)13-31-23-26-18-10-6-5-9-16(18)22(29)27(23)15-7-3-4-8-15/h5-6,9-12,15H,3-4,7-8,13H2,1-2H3,(H,25,28). The molecule has 8 heteroatoms. The second-order valence-corrected chi connectivity index (χ2v) is 9.01. The molecule has 3 aromatic rings. The van der Waals surface area contributed by atoms with Crippen LogP contribution < -0.4 is 15.6 Å². The number of para-hydroxylation sites is 1. The molecule has 162 valence electrons. The number of ether oxygens (including phenoxy) is 1. The third-order valence-corrected chi connectivity index (χ3v) is 6.91. The number of anilines is 1. The molecule has 31 heavy (non-hydrogen) atoms. The number of aryl methyl sites for hydroxylation is 1. The molecule has 0 bridgehead atoms. The van der Waals surface area contributed by atoms with Gasteiger partial charge < -0.3 is 10.1 Å².